The summed E-state index contributed by atoms with van der Waals surface area (Å²) in [6.45, 7) is 6.96. The third-order valence-corrected chi connectivity index (χ3v) is 4.20. The summed E-state index contributed by atoms with van der Waals surface area (Å²) in [4.78, 5) is 4.80. The minimum Gasteiger partial charge on any atom is -0.369 e. The van der Waals surface area contributed by atoms with Gasteiger partial charge in [-0.25, -0.2) is 4.68 Å². The molecule has 0 saturated carbocycles. The van der Waals surface area contributed by atoms with E-state index in [1.807, 2.05) is 17.8 Å². The Labute approximate surface area is 126 Å². The predicted octanol–water partition coefficient (Wildman–Crippen LogP) is 1.39. The van der Waals surface area contributed by atoms with Crippen LogP contribution < -0.4 is 10.6 Å². The fourth-order valence-electron chi connectivity index (χ4n) is 2.71. The van der Waals surface area contributed by atoms with E-state index >= 15 is 0 Å². The molecule has 0 amide bonds. The molecule has 0 spiro atoms. The molecule has 0 radical (unpaired) electrons. The molecule has 3 rings (SSSR count). The molecule has 1 aliphatic heterocycles. The minimum atomic E-state index is 0.533. The first-order valence-electron chi connectivity index (χ1n) is 7.46. The largest absolute Gasteiger partial charge is 0.369 e. The highest BCUT2D eigenvalue weighted by molar-refractivity contribution is 5.51. The van der Waals surface area contributed by atoms with Gasteiger partial charge in [0.1, 0.15) is 0 Å². The lowest BCUT2D eigenvalue weighted by Gasteiger charge is -2.34. The van der Waals surface area contributed by atoms with Gasteiger partial charge in [0.15, 0.2) is 0 Å². The van der Waals surface area contributed by atoms with Crippen molar-refractivity contribution >= 4 is 5.69 Å². The molecule has 112 valence electrons. The number of rotatable bonds is 3. The van der Waals surface area contributed by atoms with E-state index in [1.165, 1.54) is 5.69 Å². The smallest absolute Gasteiger partial charge is 0.0647 e. The fraction of sp³-hybridized carbons (Fsp3) is 0.438. The van der Waals surface area contributed by atoms with Gasteiger partial charge in [-0.3, -0.25) is 0 Å². The molecule has 2 N–H and O–H groups in total. The second-order valence-corrected chi connectivity index (χ2v) is 5.70. The first-order chi connectivity index (χ1) is 10.2. The molecule has 5 nitrogen and oxygen atoms in total. The quantitative estimate of drug-likeness (QED) is 0.926. The van der Waals surface area contributed by atoms with Gasteiger partial charge in [0.25, 0.3) is 0 Å². The first kappa shape index (κ1) is 14.1. The van der Waals surface area contributed by atoms with Crippen LogP contribution >= 0.6 is 0 Å². The van der Waals surface area contributed by atoms with Crippen molar-refractivity contribution in [2.45, 2.75) is 13.5 Å². The summed E-state index contributed by atoms with van der Waals surface area (Å²) in [5, 5.41) is 4.52. The van der Waals surface area contributed by atoms with E-state index in [0.29, 0.717) is 6.54 Å². The number of likely N-dealkylation sites (N-methyl/N-ethyl adjacent to an activating group) is 1. The number of aryl methyl sites for hydroxylation is 1. The maximum atomic E-state index is 5.71. The number of piperazine rings is 1. The van der Waals surface area contributed by atoms with E-state index in [2.05, 4.69) is 46.2 Å². The van der Waals surface area contributed by atoms with Gasteiger partial charge in [-0.2, -0.15) is 5.10 Å². The van der Waals surface area contributed by atoms with Crippen molar-refractivity contribution in [2.24, 2.45) is 5.73 Å². The molecule has 0 aliphatic carbocycles. The van der Waals surface area contributed by atoms with Crippen molar-refractivity contribution in [1.29, 1.82) is 0 Å². The van der Waals surface area contributed by atoms with Gasteiger partial charge in [0.05, 0.1) is 11.4 Å². The van der Waals surface area contributed by atoms with Crippen LogP contribution in [0.4, 0.5) is 5.69 Å². The lowest BCUT2D eigenvalue weighted by atomic mass is 10.2. The molecule has 1 saturated heterocycles. The molecule has 2 aromatic rings. The molecule has 0 atom stereocenters. The number of hydrogen-bond acceptors (Lipinski definition) is 4. The van der Waals surface area contributed by atoms with Crippen LogP contribution in [0.1, 0.15) is 11.3 Å². The summed E-state index contributed by atoms with van der Waals surface area (Å²) in [6.07, 6.45) is 2.01. The normalized spacial score (nSPS) is 16.4. The molecule has 5 heteroatoms. The molecule has 1 fully saturated rings. The second-order valence-electron chi connectivity index (χ2n) is 5.70. The summed E-state index contributed by atoms with van der Waals surface area (Å²) in [5.41, 5.74) is 10.2. The first-order valence-corrected chi connectivity index (χ1v) is 7.46. The Morgan fingerprint density at radius 1 is 1.05 bits per heavy atom. The van der Waals surface area contributed by atoms with Gasteiger partial charge in [-0.15, -0.1) is 0 Å². The van der Waals surface area contributed by atoms with Crippen LogP contribution in [0.15, 0.2) is 30.5 Å². The number of hydrogen-bond donors (Lipinski definition) is 1. The van der Waals surface area contributed by atoms with Gasteiger partial charge < -0.3 is 15.5 Å². The lowest BCUT2D eigenvalue weighted by Crippen LogP contribution is -2.44. The third kappa shape index (κ3) is 2.94. The average molecular weight is 285 g/mol. The van der Waals surface area contributed by atoms with Crippen LogP contribution in [0.5, 0.6) is 0 Å². The Balaban J connectivity index is 1.77. The van der Waals surface area contributed by atoms with Gasteiger partial charge >= 0.3 is 0 Å². The van der Waals surface area contributed by atoms with Crippen LogP contribution in [-0.4, -0.2) is 47.9 Å². The molecular weight excluding hydrogens is 262 g/mol. The SMILES string of the molecule is Cc1nn(-c2ccc(N3CCN(C)CC3)cc2)cc1CN. The zero-order chi connectivity index (χ0) is 14.8. The number of nitrogens with two attached hydrogens (primary N) is 1. The predicted molar refractivity (Wildman–Crippen MR) is 85.9 cm³/mol. The van der Waals surface area contributed by atoms with E-state index < -0.39 is 0 Å². The summed E-state index contributed by atoms with van der Waals surface area (Å²) < 4.78 is 1.91. The van der Waals surface area contributed by atoms with Crippen LogP contribution in [0.3, 0.4) is 0 Å². The van der Waals surface area contributed by atoms with E-state index in [4.69, 9.17) is 5.73 Å². The summed E-state index contributed by atoms with van der Waals surface area (Å²) in [5.74, 6) is 0. The molecular formula is C16H23N5. The molecule has 0 unspecified atom stereocenters. The highest BCUT2D eigenvalue weighted by Crippen LogP contribution is 2.19. The van der Waals surface area contributed by atoms with Crippen molar-refractivity contribution < 1.29 is 0 Å². The third-order valence-electron chi connectivity index (χ3n) is 4.20. The molecule has 21 heavy (non-hydrogen) atoms. The molecule has 0 bridgehead atoms. The standard InChI is InChI=1S/C16H23N5/c1-13-14(11-17)12-21(18-13)16-5-3-15(4-6-16)20-9-7-19(2)8-10-20/h3-6,12H,7-11,17H2,1-2H3. The summed E-state index contributed by atoms with van der Waals surface area (Å²) in [6, 6.07) is 8.61. The Morgan fingerprint density at radius 3 is 2.24 bits per heavy atom. The van der Waals surface area contributed by atoms with Crippen molar-refractivity contribution in [3.05, 3.63) is 41.7 Å². The van der Waals surface area contributed by atoms with Gasteiger partial charge in [0.2, 0.25) is 0 Å². The van der Waals surface area contributed by atoms with Gasteiger partial charge in [0, 0.05) is 50.2 Å². The molecule has 1 aromatic carbocycles. The fourth-order valence-corrected chi connectivity index (χ4v) is 2.71. The second kappa shape index (κ2) is 5.87. The average Bonchev–Trinajstić information content (AvgIpc) is 2.89. The maximum Gasteiger partial charge on any atom is 0.0647 e. The summed E-state index contributed by atoms with van der Waals surface area (Å²) >= 11 is 0. The topological polar surface area (TPSA) is 50.3 Å². The Morgan fingerprint density at radius 2 is 1.67 bits per heavy atom. The summed E-state index contributed by atoms with van der Waals surface area (Å²) in [7, 11) is 2.18. The van der Waals surface area contributed by atoms with Gasteiger partial charge in [-0.1, -0.05) is 0 Å². The highest BCUT2D eigenvalue weighted by atomic mass is 15.3. The van der Waals surface area contributed by atoms with Crippen LogP contribution in [0.2, 0.25) is 0 Å². The monoisotopic (exact) mass is 285 g/mol. The molecule has 2 heterocycles. The van der Waals surface area contributed by atoms with Crippen LogP contribution in [0.25, 0.3) is 5.69 Å². The van der Waals surface area contributed by atoms with Crippen LogP contribution in [-0.2, 0) is 6.54 Å². The van der Waals surface area contributed by atoms with E-state index in [-0.39, 0.29) is 0 Å². The molecule has 1 aliphatic rings. The Kier molecular flexibility index (Phi) is 3.94. The Bertz CT molecular complexity index is 594. The van der Waals surface area contributed by atoms with Gasteiger partial charge in [-0.05, 0) is 38.2 Å². The highest BCUT2D eigenvalue weighted by Gasteiger charge is 2.14. The van der Waals surface area contributed by atoms with Crippen molar-refractivity contribution in [2.75, 3.05) is 38.1 Å². The number of benzene rings is 1. The number of nitrogens with zero attached hydrogens (tertiary/aromatic N) is 4. The minimum absolute atomic E-state index is 0.533. The van der Waals surface area contributed by atoms with E-state index in [9.17, 15) is 0 Å². The van der Waals surface area contributed by atoms with Crippen molar-refractivity contribution in [3.8, 4) is 5.69 Å². The van der Waals surface area contributed by atoms with Crippen molar-refractivity contribution in [3.63, 3.8) is 0 Å². The van der Waals surface area contributed by atoms with Crippen molar-refractivity contribution in [1.82, 2.24) is 14.7 Å². The van der Waals surface area contributed by atoms with Crippen LogP contribution in [0, 0.1) is 6.92 Å². The number of anilines is 1. The zero-order valence-corrected chi connectivity index (χ0v) is 12.8. The lowest BCUT2D eigenvalue weighted by molar-refractivity contribution is 0.313. The maximum absolute atomic E-state index is 5.71. The molecule has 1 aromatic heterocycles. The number of aromatic nitrogens is 2. The van der Waals surface area contributed by atoms with E-state index in [1.54, 1.807) is 0 Å². The van der Waals surface area contributed by atoms with E-state index in [0.717, 1.165) is 43.1 Å². The Hall–Kier alpha value is -1.85. The zero-order valence-electron chi connectivity index (χ0n) is 12.8.